The summed E-state index contributed by atoms with van der Waals surface area (Å²) in [6.45, 7) is 4.64. The van der Waals surface area contributed by atoms with Crippen molar-refractivity contribution in [3.05, 3.63) is 97.2 Å². The molecule has 9 heteroatoms. The summed E-state index contributed by atoms with van der Waals surface area (Å²) in [5.74, 6) is -0.166. The third kappa shape index (κ3) is 68.8. The molecule has 1 amide bonds. The average molecular weight is 1210 g/mol. The first kappa shape index (κ1) is 82.4. The van der Waals surface area contributed by atoms with Crippen molar-refractivity contribution in [2.24, 2.45) is 0 Å². The van der Waals surface area contributed by atoms with Crippen LogP contribution in [0.25, 0.3) is 0 Å². The van der Waals surface area contributed by atoms with Crippen LogP contribution in [0, 0.1) is 0 Å². The molecular formula is C76H139N2O6P. The van der Waals surface area contributed by atoms with Crippen molar-refractivity contribution in [1.82, 2.24) is 5.32 Å². The van der Waals surface area contributed by atoms with Gasteiger partial charge < -0.3 is 28.8 Å². The van der Waals surface area contributed by atoms with Crippen LogP contribution in [0.5, 0.6) is 0 Å². The number of likely N-dealkylation sites (N-methyl/N-ethyl adjacent to an activating group) is 1. The second-order valence-electron chi connectivity index (χ2n) is 25.6. The number of nitrogens with one attached hydrogen (secondary N) is 1. The molecule has 0 aromatic rings. The van der Waals surface area contributed by atoms with E-state index in [-0.39, 0.29) is 19.1 Å². The highest BCUT2D eigenvalue weighted by Crippen LogP contribution is 2.38. The smallest absolute Gasteiger partial charge is 0.268 e. The predicted octanol–water partition coefficient (Wildman–Crippen LogP) is 22.6. The molecule has 2 N–H and O–H groups in total. The van der Waals surface area contributed by atoms with Gasteiger partial charge in [0, 0.05) is 6.42 Å². The van der Waals surface area contributed by atoms with E-state index in [0.717, 1.165) is 89.9 Å². The summed E-state index contributed by atoms with van der Waals surface area (Å²) in [7, 11) is 1.31. The number of amides is 1. The molecule has 3 unspecified atom stereocenters. The summed E-state index contributed by atoms with van der Waals surface area (Å²) < 4.78 is 23.5. The predicted molar refractivity (Wildman–Crippen MR) is 371 cm³/mol. The lowest BCUT2D eigenvalue weighted by Gasteiger charge is -2.30. The summed E-state index contributed by atoms with van der Waals surface area (Å²) in [5.41, 5.74) is 0. The Morgan fingerprint density at radius 1 is 0.424 bits per heavy atom. The van der Waals surface area contributed by atoms with E-state index in [1.54, 1.807) is 0 Å². The lowest BCUT2D eigenvalue weighted by Crippen LogP contribution is -2.46. The van der Waals surface area contributed by atoms with E-state index in [0.29, 0.717) is 23.9 Å². The third-order valence-corrected chi connectivity index (χ3v) is 17.1. The Labute approximate surface area is 528 Å². The van der Waals surface area contributed by atoms with Crippen LogP contribution in [0.4, 0.5) is 0 Å². The molecule has 494 valence electrons. The zero-order valence-corrected chi connectivity index (χ0v) is 57.4. The van der Waals surface area contributed by atoms with Gasteiger partial charge in [-0.05, 0) is 77.0 Å². The second kappa shape index (κ2) is 65.9. The molecule has 0 radical (unpaired) electrons. The van der Waals surface area contributed by atoms with Gasteiger partial charge in [-0.1, -0.05) is 342 Å². The normalized spacial score (nSPS) is 14.2. The van der Waals surface area contributed by atoms with E-state index < -0.39 is 20.0 Å². The molecule has 8 nitrogen and oxygen atoms in total. The first-order valence-electron chi connectivity index (χ1n) is 36.1. The van der Waals surface area contributed by atoms with Crippen LogP contribution in [0.15, 0.2) is 97.2 Å². The molecule has 0 aliphatic heterocycles. The Morgan fingerprint density at radius 3 is 1.05 bits per heavy atom. The van der Waals surface area contributed by atoms with E-state index >= 15 is 0 Å². The average Bonchev–Trinajstić information content (AvgIpc) is 3.49. The Bertz CT molecular complexity index is 1710. The lowest BCUT2D eigenvalue weighted by atomic mass is 10.0. The lowest BCUT2D eigenvalue weighted by molar-refractivity contribution is -0.870. The van der Waals surface area contributed by atoms with Crippen LogP contribution in [0.3, 0.4) is 0 Å². The minimum absolute atomic E-state index is 0.00919. The first-order valence-corrected chi connectivity index (χ1v) is 37.5. The Hall–Kier alpha value is -2.58. The van der Waals surface area contributed by atoms with Gasteiger partial charge in [0.25, 0.3) is 7.82 Å². The SMILES string of the molecule is CC/C=C\C/C=C\C/C=C\C/C=C\C/C=C\C/C=C\C/C=C\C/C=C\CCCCCCCCCCCCCCC(=O)NC(COP(=O)([O-])OCC[N+](C)(C)C)C(O)CCCCCCCCCCCCCCCCCCCCCCCCCCCC. The minimum Gasteiger partial charge on any atom is -0.756 e. The van der Waals surface area contributed by atoms with Gasteiger partial charge in [0.15, 0.2) is 0 Å². The Morgan fingerprint density at radius 2 is 0.718 bits per heavy atom. The molecule has 0 aromatic carbocycles. The zero-order chi connectivity index (χ0) is 61.9. The number of carbonyl (C=O) groups is 1. The number of hydrogen-bond donors (Lipinski definition) is 2. The topological polar surface area (TPSA) is 108 Å². The van der Waals surface area contributed by atoms with Gasteiger partial charge in [-0.15, -0.1) is 0 Å². The summed E-state index contributed by atoms with van der Waals surface area (Å²) in [6, 6.07) is -0.809. The fourth-order valence-electron chi connectivity index (χ4n) is 10.5. The van der Waals surface area contributed by atoms with Crippen LogP contribution in [-0.2, 0) is 18.4 Å². The third-order valence-electron chi connectivity index (χ3n) is 16.1. The quantitative estimate of drug-likeness (QED) is 0.0272. The van der Waals surface area contributed by atoms with Gasteiger partial charge in [-0.25, -0.2) is 0 Å². The van der Waals surface area contributed by atoms with Gasteiger partial charge in [0.1, 0.15) is 13.2 Å². The molecule has 0 fully saturated rings. The van der Waals surface area contributed by atoms with Crippen molar-refractivity contribution in [2.75, 3.05) is 40.9 Å². The number of aliphatic hydroxyl groups is 1. The number of unbranched alkanes of at least 4 members (excludes halogenated alkanes) is 37. The standard InChI is InChI=1S/C76H139N2O6P/c1-6-8-10-12-14-16-18-20-22-24-26-28-30-32-34-35-36-37-38-39-40-41-42-43-44-46-48-50-52-54-56-58-60-62-64-66-68-70-76(80)77-74(73-84-85(81,82)83-72-71-78(3,4)5)75(79)69-67-65-63-61-59-57-55-53-51-49-47-45-33-31-29-27-25-23-21-19-17-15-13-11-9-7-2/h8,10,14,16,20,22,26,28,32,34,36-37,39-40,42-43,74-75,79H,6-7,9,11-13,15,17-19,21,23-25,27,29-31,33,35,38,41,44-73H2,1-5H3,(H-,77,80,81,82)/b10-8-,16-14-,22-20-,28-26-,34-32-,37-36-,40-39-,43-42-. The molecule has 0 aliphatic carbocycles. The molecule has 0 aliphatic rings. The number of allylic oxidation sites excluding steroid dienone is 16. The minimum atomic E-state index is -4.59. The zero-order valence-electron chi connectivity index (χ0n) is 56.5. The molecule has 3 atom stereocenters. The van der Waals surface area contributed by atoms with Gasteiger partial charge >= 0.3 is 0 Å². The van der Waals surface area contributed by atoms with Crippen molar-refractivity contribution in [3.63, 3.8) is 0 Å². The largest absolute Gasteiger partial charge is 0.756 e. The number of phosphoric ester groups is 1. The van der Waals surface area contributed by atoms with Crippen molar-refractivity contribution < 1.29 is 32.9 Å². The number of quaternary nitrogens is 1. The van der Waals surface area contributed by atoms with Gasteiger partial charge in [-0.2, -0.15) is 0 Å². The monoisotopic (exact) mass is 1210 g/mol. The van der Waals surface area contributed by atoms with Crippen LogP contribution in [0.1, 0.15) is 328 Å². The molecule has 0 aromatic heterocycles. The fraction of sp³-hybridized carbons (Fsp3) is 0.776. The van der Waals surface area contributed by atoms with Crippen LogP contribution in [-0.4, -0.2) is 68.5 Å². The molecule has 0 heterocycles. The summed E-state index contributed by atoms with van der Waals surface area (Å²) in [4.78, 5) is 25.7. The van der Waals surface area contributed by atoms with Crippen LogP contribution in [0.2, 0.25) is 0 Å². The highest BCUT2D eigenvalue weighted by atomic mass is 31.2. The van der Waals surface area contributed by atoms with Crippen molar-refractivity contribution in [1.29, 1.82) is 0 Å². The number of carbonyl (C=O) groups excluding carboxylic acids is 1. The maximum absolute atomic E-state index is 13.1. The van der Waals surface area contributed by atoms with Crippen molar-refractivity contribution in [3.8, 4) is 0 Å². The number of nitrogens with zero attached hydrogens (tertiary/aromatic N) is 1. The van der Waals surface area contributed by atoms with E-state index in [1.165, 1.54) is 212 Å². The first-order chi connectivity index (χ1) is 41.5. The van der Waals surface area contributed by atoms with E-state index in [4.69, 9.17) is 9.05 Å². The van der Waals surface area contributed by atoms with Crippen molar-refractivity contribution in [2.45, 2.75) is 341 Å². The molecular weight excluding hydrogens is 1070 g/mol. The molecule has 0 saturated heterocycles. The molecule has 0 bridgehead atoms. The summed E-state index contributed by atoms with van der Waals surface area (Å²) in [5, 5.41) is 14.1. The van der Waals surface area contributed by atoms with Crippen LogP contribution >= 0.6 is 7.82 Å². The van der Waals surface area contributed by atoms with Gasteiger partial charge in [-0.3, -0.25) is 9.36 Å². The number of rotatable bonds is 66. The Balaban J connectivity index is 4.05. The molecule has 0 spiro atoms. The van der Waals surface area contributed by atoms with E-state index in [1.807, 2.05) is 21.1 Å². The second-order valence-corrected chi connectivity index (χ2v) is 27.0. The van der Waals surface area contributed by atoms with Crippen molar-refractivity contribution >= 4 is 13.7 Å². The van der Waals surface area contributed by atoms with E-state index in [2.05, 4.69) is 116 Å². The number of hydrogen-bond acceptors (Lipinski definition) is 6. The number of phosphoric acid groups is 1. The van der Waals surface area contributed by atoms with E-state index in [9.17, 15) is 19.4 Å². The highest BCUT2D eigenvalue weighted by molar-refractivity contribution is 7.45. The molecule has 85 heavy (non-hydrogen) atoms. The maximum atomic E-state index is 13.1. The number of aliphatic hydroxyl groups excluding tert-OH is 1. The van der Waals surface area contributed by atoms with Gasteiger partial charge in [0.2, 0.25) is 5.91 Å². The summed E-state index contributed by atoms with van der Waals surface area (Å²) >= 11 is 0. The molecule has 0 saturated carbocycles. The fourth-order valence-corrected chi connectivity index (χ4v) is 11.3. The Kier molecular flexibility index (Phi) is 63.9. The van der Waals surface area contributed by atoms with Gasteiger partial charge in [0.05, 0.1) is 39.9 Å². The maximum Gasteiger partial charge on any atom is 0.268 e. The summed E-state index contributed by atoms with van der Waals surface area (Å²) in [6.07, 6.45) is 94.8. The van der Waals surface area contributed by atoms with Crippen LogP contribution < -0.4 is 10.2 Å². The highest BCUT2D eigenvalue weighted by Gasteiger charge is 2.24. The molecule has 0 rings (SSSR count).